The van der Waals surface area contributed by atoms with E-state index in [0.29, 0.717) is 6.04 Å². The van der Waals surface area contributed by atoms with Crippen LogP contribution >= 0.6 is 0 Å². The molecular formula is C16H25N5O. The number of piperidine rings is 1. The van der Waals surface area contributed by atoms with Crippen LogP contribution in [0.2, 0.25) is 0 Å². The van der Waals surface area contributed by atoms with Crippen molar-refractivity contribution in [3.05, 3.63) is 17.6 Å². The Kier molecular flexibility index (Phi) is 4.29. The third-order valence-electron chi connectivity index (χ3n) is 4.91. The van der Waals surface area contributed by atoms with E-state index in [-0.39, 0.29) is 11.9 Å². The average molecular weight is 303 g/mol. The lowest BCUT2D eigenvalue weighted by Crippen LogP contribution is -2.50. The molecule has 0 saturated carbocycles. The number of likely N-dealkylation sites (tertiary alicyclic amines) is 1. The molecule has 0 aliphatic carbocycles. The van der Waals surface area contributed by atoms with Crippen LogP contribution < -0.4 is 10.6 Å². The maximum atomic E-state index is 11.6. The van der Waals surface area contributed by atoms with Gasteiger partial charge in [0.1, 0.15) is 5.82 Å². The molecule has 1 atom stereocenters. The van der Waals surface area contributed by atoms with Gasteiger partial charge in [0.25, 0.3) is 0 Å². The summed E-state index contributed by atoms with van der Waals surface area (Å²) in [5, 5.41) is 0. The van der Waals surface area contributed by atoms with Crippen LogP contribution in [0.4, 0.5) is 5.82 Å². The van der Waals surface area contributed by atoms with E-state index in [1.165, 1.54) is 0 Å². The molecule has 6 nitrogen and oxygen atoms in total. The second kappa shape index (κ2) is 6.20. The maximum Gasteiger partial charge on any atom is 0.234 e. The molecule has 0 aromatic carbocycles. The van der Waals surface area contributed by atoms with Crippen LogP contribution in [0, 0.1) is 13.8 Å². The van der Waals surface area contributed by atoms with Gasteiger partial charge in [0.2, 0.25) is 5.91 Å². The number of primary amides is 1. The zero-order valence-corrected chi connectivity index (χ0v) is 13.5. The van der Waals surface area contributed by atoms with E-state index in [0.717, 1.165) is 62.5 Å². The van der Waals surface area contributed by atoms with E-state index < -0.39 is 0 Å². The molecule has 22 heavy (non-hydrogen) atoms. The fraction of sp³-hybridized carbons (Fsp3) is 0.688. The molecule has 0 spiro atoms. The summed E-state index contributed by atoms with van der Waals surface area (Å²) in [6, 6.07) is 0.409. The number of aryl methyl sites for hydroxylation is 2. The number of hydrogen-bond donors (Lipinski definition) is 1. The number of carbonyl (C=O) groups excluding carboxylic acids is 1. The van der Waals surface area contributed by atoms with Crippen molar-refractivity contribution in [2.24, 2.45) is 5.73 Å². The lowest BCUT2D eigenvalue weighted by atomic mass is 10.0. The van der Waals surface area contributed by atoms with Crippen molar-refractivity contribution in [3.8, 4) is 0 Å². The Morgan fingerprint density at radius 2 is 1.95 bits per heavy atom. The second-order valence-corrected chi connectivity index (χ2v) is 6.44. The summed E-state index contributed by atoms with van der Waals surface area (Å²) in [6.45, 7) is 6.92. The zero-order valence-electron chi connectivity index (χ0n) is 13.5. The molecule has 2 aliphatic rings. The highest BCUT2D eigenvalue weighted by Gasteiger charge is 2.35. The first-order valence-corrected chi connectivity index (χ1v) is 8.16. The van der Waals surface area contributed by atoms with Gasteiger partial charge in [-0.2, -0.15) is 0 Å². The first kappa shape index (κ1) is 15.2. The number of nitrogens with zero attached hydrogens (tertiary/aromatic N) is 4. The Balaban J connectivity index is 1.65. The summed E-state index contributed by atoms with van der Waals surface area (Å²) in [7, 11) is 0. The van der Waals surface area contributed by atoms with E-state index in [4.69, 9.17) is 5.73 Å². The molecule has 2 saturated heterocycles. The van der Waals surface area contributed by atoms with E-state index in [2.05, 4.69) is 19.8 Å². The predicted octanol–water partition coefficient (Wildman–Crippen LogP) is 1.01. The largest absolute Gasteiger partial charge is 0.368 e. The Morgan fingerprint density at radius 3 is 2.64 bits per heavy atom. The van der Waals surface area contributed by atoms with Crippen molar-refractivity contribution < 1.29 is 4.79 Å². The van der Waals surface area contributed by atoms with Crippen molar-refractivity contribution in [2.75, 3.05) is 24.5 Å². The number of anilines is 1. The Labute approximate surface area is 131 Å². The molecular weight excluding hydrogens is 278 g/mol. The summed E-state index contributed by atoms with van der Waals surface area (Å²) < 4.78 is 0. The Hall–Kier alpha value is -1.69. The minimum Gasteiger partial charge on any atom is -0.368 e. The molecule has 0 radical (unpaired) electrons. The first-order valence-electron chi connectivity index (χ1n) is 8.16. The Morgan fingerprint density at radius 1 is 1.23 bits per heavy atom. The van der Waals surface area contributed by atoms with Crippen LogP contribution in [0.15, 0.2) is 6.20 Å². The number of amides is 1. The first-order chi connectivity index (χ1) is 10.6. The molecule has 3 rings (SSSR count). The summed E-state index contributed by atoms with van der Waals surface area (Å²) in [6.07, 6.45) is 5.92. The highest BCUT2D eigenvalue weighted by atomic mass is 16.1. The molecule has 120 valence electrons. The number of carbonyl (C=O) groups is 1. The zero-order chi connectivity index (χ0) is 15.7. The third-order valence-corrected chi connectivity index (χ3v) is 4.91. The summed E-state index contributed by atoms with van der Waals surface area (Å²) in [5.41, 5.74) is 7.48. The van der Waals surface area contributed by atoms with Crippen LogP contribution in [0.25, 0.3) is 0 Å². The highest BCUT2D eigenvalue weighted by Crippen LogP contribution is 2.28. The fourth-order valence-corrected chi connectivity index (χ4v) is 3.77. The molecule has 2 fully saturated rings. The van der Waals surface area contributed by atoms with Gasteiger partial charge in [0.05, 0.1) is 17.4 Å². The molecule has 6 heteroatoms. The maximum absolute atomic E-state index is 11.6. The standard InChI is InChI=1S/C16H25N5O/c1-11-10-18-12(2)16(19-11)20-8-5-13(6-9-20)21-7-3-4-14(21)15(17)22/h10,13-14H,3-9H2,1-2H3,(H2,17,22). The van der Waals surface area contributed by atoms with E-state index in [9.17, 15) is 4.79 Å². The van der Waals surface area contributed by atoms with Gasteiger partial charge in [-0.1, -0.05) is 0 Å². The third kappa shape index (κ3) is 2.92. The quantitative estimate of drug-likeness (QED) is 0.902. The van der Waals surface area contributed by atoms with Gasteiger partial charge in [-0.15, -0.1) is 0 Å². The van der Waals surface area contributed by atoms with Gasteiger partial charge in [-0.3, -0.25) is 14.7 Å². The predicted molar refractivity (Wildman–Crippen MR) is 85.7 cm³/mol. The summed E-state index contributed by atoms with van der Waals surface area (Å²) in [4.78, 5) is 25.3. The van der Waals surface area contributed by atoms with Gasteiger partial charge in [-0.05, 0) is 46.1 Å². The highest BCUT2D eigenvalue weighted by molar-refractivity contribution is 5.80. The second-order valence-electron chi connectivity index (χ2n) is 6.44. The van der Waals surface area contributed by atoms with E-state index >= 15 is 0 Å². The van der Waals surface area contributed by atoms with Crippen molar-refractivity contribution in [2.45, 2.75) is 51.6 Å². The molecule has 2 N–H and O–H groups in total. The van der Waals surface area contributed by atoms with Gasteiger partial charge >= 0.3 is 0 Å². The fourth-order valence-electron chi connectivity index (χ4n) is 3.77. The van der Waals surface area contributed by atoms with Crippen LogP contribution in [0.1, 0.15) is 37.1 Å². The normalized spacial score (nSPS) is 23.9. The van der Waals surface area contributed by atoms with E-state index in [1.54, 1.807) is 0 Å². The lowest BCUT2D eigenvalue weighted by molar-refractivity contribution is -0.123. The van der Waals surface area contributed by atoms with Crippen molar-refractivity contribution >= 4 is 11.7 Å². The molecule has 1 aromatic rings. The molecule has 3 heterocycles. The van der Waals surface area contributed by atoms with E-state index in [1.807, 2.05) is 20.0 Å². The molecule has 1 aromatic heterocycles. The van der Waals surface area contributed by atoms with Gasteiger partial charge in [-0.25, -0.2) is 4.98 Å². The van der Waals surface area contributed by atoms with Gasteiger partial charge < -0.3 is 10.6 Å². The van der Waals surface area contributed by atoms with Crippen molar-refractivity contribution in [1.29, 1.82) is 0 Å². The molecule has 1 unspecified atom stereocenters. The number of rotatable bonds is 3. The minimum absolute atomic E-state index is 0.0583. The number of nitrogens with two attached hydrogens (primary N) is 1. The Bertz CT molecular complexity index is 553. The van der Waals surface area contributed by atoms with Crippen LogP contribution in [0.5, 0.6) is 0 Å². The van der Waals surface area contributed by atoms with Gasteiger partial charge in [0, 0.05) is 25.3 Å². The lowest BCUT2D eigenvalue weighted by Gasteiger charge is -2.39. The number of aromatic nitrogens is 2. The van der Waals surface area contributed by atoms with Crippen LogP contribution in [-0.2, 0) is 4.79 Å². The summed E-state index contributed by atoms with van der Waals surface area (Å²) in [5.74, 6) is 0.839. The molecule has 0 bridgehead atoms. The molecule has 2 aliphatic heterocycles. The minimum atomic E-state index is -0.166. The summed E-state index contributed by atoms with van der Waals surface area (Å²) >= 11 is 0. The SMILES string of the molecule is Cc1cnc(C)c(N2CCC(N3CCCC3C(N)=O)CC2)n1. The smallest absolute Gasteiger partial charge is 0.234 e. The molecule has 1 amide bonds. The van der Waals surface area contributed by atoms with Crippen molar-refractivity contribution in [3.63, 3.8) is 0 Å². The van der Waals surface area contributed by atoms with Crippen LogP contribution in [-0.4, -0.2) is 52.5 Å². The monoisotopic (exact) mass is 303 g/mol. The van der Waals surface area contributed by atoms with Crippen molar-refractivity contribution in [1.82, 2.24) is 14.9 Å². The average Bonchev–Trinajstić information content (AvgIpc) is 3.00. The van der Waals surface area contributed by atoms with Crippen LogP contribution in [0.3, 0.4) is 0 Å². The number of hydrogen-bond acceptors (Lipinski definition) is 5. The topological polar surface area (TPSA) is 75.3 Å². The van der Waals surface area contributed by atoms with Gasteiger partial charge in [0.15, 0.2) is 0 Å².